The van der Waals surface area contributed by atoms with Gasteiger partial charge < -0.3 is 10.1 Å². The summed E-state index contributed by atoms with van der Waals surface area (Å²) in [6.07, 6.45) is 6.55. The third kappa shape index (κ3) is 5.16. The number of aromatic nitrogens is 4. The Morgan fingerprint density at radius 1 is 1.06 bits per heavy atom. The fourth-order valence-corrected chi connectivity index (χ4v) is 4.64. The first-order valence-electron chi connectivity index (χ1n) is 11.4. The van der Waals surface area contributed by atoms with Crippen LogP contribution in [0, 0.1) is 6.92 Å². The first-order chi connectivity index (χ1) is 17.6. The average molecular weight is 498 g/mol. The van der Waals surface area contributed by atoms with Crippen LogP contribution in [0.2, 0.25) is 0 Å². The van der Waals surface area contributed by atoms with E-state index in [-0.39, 0.29) is 24.4 Å². The van der Waals surface area contributed by atoms with Crippen molar-refractivity contribution in [3.05, 3.63) is 100 Å². The van der Waals surface area contributed by atoms with Gasteiger partial charge in [-0.15, -0.1) is 11.3 Å². The highest BCUT2D eigenvalue weighted by Crippen LogP contribution is 2.30. The number of nitrogens with zero attached hydrogens (tertiary/aromatic N) is 4. The lowest BCUT2D eigenvalue weighted by Gasteiger charge is -2.12. The Morgan fingerprint density at radius 3 is 2.67 bits per heavy atom. The molecule has 0 bridgehead atoms. The van der Waals surface area contributed by atoms with Gasteiger partial charge in [-0.05, 0) is 42.3 Å². The van der Waals surface area contributed by atoms with Crippen LogP contribution < -0.4 is 15.6 Å². The molecule has 1 amide bonds. The second-order valence-corrected chi connectivity index (χ2v) is 9.09. The van der Waals surface area contributed by atoms with Crippen molar-refractivity contribution in [1.82, 2.24) is 19.5 Å². The van der Waals surface area contributed by atoms with Crippen LogP contribution in [0.3, 0.4) is 0 Å². The third-order valence-electron chi connectivity index (χ3n) is 5.68. The minimum Gasteiger partial charge on any atom is -0.485 e. The summed E-state index contributed by atoms with van der Waals surface area (Å²) >= 11 is 1.44. The lowest BCUT2D eigenvalue weighted by Crippen LogP contribution is -2.23. The molecule has 0 aliphatic rings. The molecule has 0 saturated heterocycles. The molecule has 0 atom stereocenters. The molecule has 4 aromatic heterocycles. The van der Waals surface area contributed by atoms with Gasteiger partial charge in [-0.3, -0.25) is 19.1 Å². The SMILES string of the molecule is Cc1ccc(-c2csc3ncn(CCC(=O)Nc4ncccc4OCc4ccncc4)c(=O)c23)cc1. The average Bonchev–Trinajstić information content (AvgIpc) is 3.34. The van der Waals surface area contributed by atoms with E-state index in [4.69, 9.17) is 4.74 Å². The zero-order valence-corrected chi connectivity index (χ0v) is 20.4. The van der Waals surface area contributed by atoms with E-state index in [1.165, 1.54) is 22.2 Å². The molecule has 180 valence electrons. The lowest BCUT2D eigenvalue weighted by atomic mass is 10.1. The Labute approximate surface area is 211 Å². The van der Waals surface area contributed by atoms with Gasteiger partial charge in [-0.2, -0.15) is 0 Å². The van der Waals surface area contributed by atoms with Gasteiger partial charge in [0.1, 0.15) is 11.4 Å². The van der Waals surface area contributed by atoms with E-state index < -0.39 is 0 Å². The molecule has 1 aromatic carbocycles. The maximum atomic E-state index is 13.3. The van der Waals surface area contributed by atoms with Crippen molar-refractivity contribution in [1.29, 1.82) is 0 Å². The largest absolute Gasteiger partial charge is 0.485 e. The van der Waals surface area contributed by atoms with Crippen LogP contribution in [0.15, 0.2) is 83.6 Å². The van der Waals surface area contributed by atoms with Crippen LogP contribution in [0.1, 0.15) is 17.5 Å². The predicted octanol–water partition coefficient (Wildman–Crippen LogP) is 4.83. The van der Waals surface area contributed by atoms with Crippen LogP contribution in [-0.4, -0.2) is 25.4 Å². The Bertz CT molecular complexity index is 1560. The molecule has 9 heteroatoms. The van der Waals surface area contributed by atoms with Crippen LogP contribution in [0.25, 0.3) is 21.3 Å². The minimum atomic E-state index is -0.279. The number of carbonyl (C=O) groups excluding carboxylic acids is 1. The Hall–Kier alpha value is -4.37. The molecule has 0 spiro atoms. The summed E-state index contributed by atoms with van der Waals surface area (Å²) in [5.74, 6) is 0.513. The van der Waals surface area contributed by atoms with Crippen molar-refractivity contribution in [2.45, 2.75) is 26.5 Å². The minimum absolute atomic E-state index is 0.0808. The van der Waals surface area contributed by atoms with Crippen molar-refractivity contribution in [2.75, 3.05) is 5.32 Å². The summed E-state index contributed by atoms with van der Waals surface area (Å²) in [7, 11) is 0. The van der Waals surface area contributed by atoms with Gasteiger partial charge >= 0.3 is 0 Å². The molecule has 36 heavy (non-hydrogen) atoms. The van der Waals surface area contributed by atoms with E-state index in [2.05, 4.69) is 20.3 Å². The Morgan fingerprint density at radius 2 is 1.86 bits per heavy atom. The molecule has 5 rings (SSSR count). The zero-order valence-electron chi connectivity index (χ0n) is 19.5. The summed E-state index contributed by atoms with van der Waals surface area (Å²) in [6, 6.07) is 15.2. The normalized spacial score (nSPS) is 10.9. The van der Waals surface area contributed by atoms with E-state index in [0.717, 1.165) is 22.3 Å². The highest BCUT2D eigenvalue weighted by atomic mass is 32.1. The number of anilines is 1. The Kier molecular flexibility index (Phi) is 6.81. The summed E-state index contributed by atoms with van der Waals surface area (Å²) in [4.78, 5) is 39.3. The van der Waals surface area contributed by atoms with Gasteiger partial charge in [-0.25, -0.2) is 9.97 Å². The number of pyridine rings is 2. The molecule has 0 saturated carbocycles. The number of aryl methyl sites for hydroxylation is 2. The predicted molar refractivity (Wildman–Crippen MR) is 140 cm³/mol. The highest BCUT2D eigenvalue weighted by molar-refractivity contribution is 7.17. The smallest absolute Gasteiger partial charge is 0.262 e. The number of amides is 1. The van der Waals surface area contributed by atoms with Gasteiger partial charge in [0.15, 0.2) is 11.6 Å². The molecule has 0 radical (unpaired) electrons. The number of ether oxygens (including phenoxy) is 1. The van der Waals surface area contributed by atoms with Crippen molar-refractivity contribution >= 4 is 33.3 Å². The summed E-state index contributed by atoms with van der Waals surface area (Å²) in [5, 5.41) is 5.32. The quantitative estimate of drug-likeness (QED) is 0.330. The number of rotatable bonds is 8. The molecule has 0 unspecified atom stereocenters. The van der Waals surface area contributed by atoms with Gasteiger partial charge in [-0.1, -0.05) is 29.8 Å². The standard InChI is InChI=1S/C27H23N5O3S/c1-18-4-6-20(7-5-18)21-16-36-26-24(21)27(34)32(17-30-26)14-10-23(33)31-25-22(3-2-11-29-25)35-15-19-8-12-28-13-9-19/h2-9,11-13,16-17H,10,14-15H2,1H3,(H,29,31,33). The van der Waals surface area contributed by atoms with E-state index in [9.17, 15) is 9.59 Å². The first-order valence-corrected chi connectivity index (χ1v) is 12.3. The van der Waals surface area contributed by atoms with Crippen LogP contribution in [0.5, 0.6) is 5.75 Å². The Balaban J connectivity index is 1.28. The molecule has 1 N–H and O–H groups in total. The number of nitrogens with one attached hydrogen (secondary N) is 1. The fraction of sp³-hybridized carbons (Fsp3) is 0.148. The van der Waals surface area contributed by atoms with E-state index >= 15 is 0 Å². The number of hydrogen-bond acceptors (Lipinski definition) is 7. The third-order valence-corrected chi connectivity index (χ3v) is 6.56. The monoisotopic (exact) mass is 497 g/mol. The summed E-state index contributed by atoms with van der Waals surface area (Å²) in [6.45, 7) is 2.54. The summed E-state index contributed by atoms with van der Waals surface area (Å²) < 4.78 is 7.32. The van der Waals surface area contributed by atoms with Gasteiger partial charge in [0.25, 0.3) is 5.56 Å². The number of fused-ring (bicyclic) bond motifs is 1. The highest BCUT2D eigenvalue weighted by Gasteiger charge is 2.15. The zero-order chi connectivity index (χ0) is 24.9. The topological polar surface area (TPSA) is 99.0 Å². The van der Waals surface area contributed by atoms with Gasteiger partial charge in [0, 0.05) is 42.5 Å². The van der Waals surface area contributed by atoms with Gasteiger partial charge in [0.2, 0.25) is 5.91 Å². The van der Waals surface area contributed by atoms with Crippen molar-refractivity contribution in [2.24, 2.45) is 0 Å². The molecule has 4 heterocycles. The van der Waals surface area contributed by atoms with Gasteiger partial charge in [0.05, 0.1) is 11.7 Å². The molecule has 0 fully saturated rings. The number of thiophene rings is 1. The number of carbonyl (C=O) groups is 1. The molecule has 5 aromatic rings. The second kappa shape index (κ2) is 10.5. The molecule has 8 nitrogen and oxygen atoms in total. The van der Waals surface area contributed by atoms with Crippen LogP contribution in [-0.2, 0) is 17.9 Å². The van der Waals surface area contributed by atoms with E-state index in [1.54, 1.807) is 30.7 Å². The maximum absolute atomic E-state index is 13.3. The van der Waals surface area contributed by atoms with E-state index in [1.807, 2.05) is 48.7 Å². The van der Waals surface area contributed by atoms with Crippen LogP contribution >= 0.6 is 11.3 Å². The number of benzene rings is 1. The van der Waals surface area contributed by atoms with Crippen LogP contribution in [0.4, 0.5) is 5.82 Å². The lowest BCUT2D eigenvalue weighted by molar-refractivity contribution is -0.116. The van der Waals surface area contributed by atoms with Crippen molar-refractivity contribution < 1.29 is 9.53 Å². The maximum Gasteiger partial charge on any atom is 0.262 e. The second-order valence-electron chi connectivity index (χ2n) is 8.23. The fourth-order valence-electron chi connectivity index (χ4n) is 3.73. The molecular weight excluding hydrogens is 474 g/mol. The number of hydrogen-bond donors (Lipinski definition) is 1. The summed E-state index contributed by atoms with van der Waals surface area (Å²) in [5.41, 5.74) is 3.76. The molecule has 0 aliphatic heterocycles. The molecular formula is C27H23N5O3S. The van der Waals surface area contributed by atoms with Crippen molar-refractivity contribution in [3.8, 4) is 16.9 Å². The molecule has 0 aliphatic carbocycles. The van der Waals surface area contributed by atoms with E-state index in [0.29, 0.717) is 28.4 Å². The van der Waals surface area contributed by atoms with Crippen molar-refractivity contribution in [3.63, 3.8) is 0 Å². The first kappa shape index (κ1) is 23.4.